The van der Waals surface area contributed by atoms with Gasteiger partial charge in [-0.05, 0) is 30.2 Å². The molecule has 0 saturated heterocycles. The number of amides is 1. The molecule has 1 N–H and O–H groups in total. The minimum atomic E-state index is -3.53. The molecule has 0 saturated carbocycles. The van der Waals surface area contributed by atoms with Crippen molar-refractivity contribution in [2.45, 2.75) is 24.2 Å². The predicted molar refractivity (Wildman–Crippen MR) is 95.4 cm³/mol. The Morgan fingerprint density at radius 2 is 1.75 bits per heavy atom. The molecule has 0 aliphatic heterocycles. The Balaban J connectivity index is 2.23. The van der Waals surface area contributed by atoms with Crippen molar-refractivity contribution in [2.75, 3.05) is 19.4 Å². The number of carbonyl (C=O) groups excluding carboxylic acids is 1. The third-order valence-electron chi connectivity index (χ3n) is 3.81. The molecule has 1 atom stereocenters. The molecular weight excluding hydrogens is 324 g/mol. The third-order valence-corrected chi connectivity index (χ3v) is 5.62. The van der Waals surface area contributed by atoms with Crippen LogP contribution in [0.4, 0.5) is 5.69 Å². The summed E-state index contributed by atoms with van der Waals surface area (Å²) in [7, 11) is -0.581. The van der Waals surface area contributed by atoms with Crippen LogP contribution in [0.1, 0.15) is 24.8 Å². The van der Waals surface area contributed by atoms with Crippen LogP contribution in [0.15, 0.2) is 59.5 Å². The van der Waals surface area contributed by atoms with Crippen molar-refractivity contribution in [2.24, 2.45) is 0 Å². The summed E-state index contributed by atoms with van der Waals surface area (Å²) in [5.41, 5.74) is 1.41. The van der Waals surface area contributed by atoms with Crippen molar-refractivity contribution in [1.29, 1.82) is 0 Å². The van der Waals surface area contributed by atoms with Crippen molar-refractivity contribution in [3.8, 4) is 0 Å². The Morgan fingerprint density at radius 3 is 2.33 bits per heavy atom. The number of nitrogens with zero attached hydrogens (tertiary/aromatic N) is 1. The van der Waals surface area contributed by atoms with Gasteiger partial charge in [-0.2, -0.15) is 0 Å². The number of rotatable bonds is 6. The molecule has 0 aromatic heterocycles. The fourth-order valence-corrected chi connectivity index (χ4v) is 3.38. The first-order valence-corrected chi connectivity index (χ1v) is 9.18. The van der Waals surface area contributed by atoms with E-state index >= 15 is 0 Å². The van der Waals surface area contributed by atoms with Gasteiger partial charge in [0.05, 0.1) is 10.8 Å². The van der Waals surface area contributed by atoms with E-state index in [4.69, 9.17) is 0 Å². The quantitative estimate of drug-likeness (QED) is 0.874. The molecular formula is C18H22N2O3S. The average Bonchev–Trinajstić information content (AvgIpc) is 2.56. The molecule has 24 heavy (non-hydrogen) atoms. The minimum absolute atomic E-state index is 0.150. The van der Waals surface area contributed by atoms with Crippen molar-refractivity contribution in [3.05, 3.63) is 60.2 Å². The lowest BCUT2D eigenvalue weighted by Gasteiger charge is -2.16. The van der Waals surface area contributed by atoms with Gasteiger partial charge in [0.25, 0.3) is 0 Å². The highest BCUT2D eigenvalue weighted by molar-refractivity contribution is 7.89. The molecule has 0 heterocycles. The van der Waals surface area contributed by atoms with Crippen molar-refractivity contribution < 1.29 is 13.2 Å². The lowest BCUT2D eigenvalue weighted by Crippen LogP contribution is -2.23. The van der Waals surface area contributed by atoms with Crippen LogP contribution in [0.2, 0.25) is 0 Å². The van der Waals surface area contributed by atoms with E-state index in [1.807, 2.05) is 37.3 Å². The molecule has 0 spiro atoms. The molecule has 0 unspecified atom stereocenters. The van der Waals surface area contributed by atoms with Crippen LogP contribution in [0.5, 0.6) is 0 Å². The van der Waals surface area contributed by atoms with E-state index in [-0.39, 0.29) is 16.7 Å². The standard InChI is InChI=1S/C18H22N2O3S/c1-4-17(14-9-6-5-7-10-14)18(21)19-15-11-8-12-16(13-15)24(22,23)20(2)3/h5-13,17H,4H2,1-3H3,(H,19,21)/t17-/m0/s1. The second-order valence-corrected chi connectivity index (χ2v) is 7.83. The van der Waals surface area contributed by atoms with Gasteiger partial charge in [0.1, 0.15) is 0 Å². The molecule has 0 bridgehead atoms. The first-order chi connectivity index (χ1) is 11.4. The molecule has 0 radical (unpaired) electrons. The van der Waals surface area contributed by atoms with Crippen LogP contribution in [0.3, 0.4) is 0 Å². The topological polar surface area (TPSA) is 66.5 Å². The maximum Gasteiger partial charge on any atom is 0.242 e. The molecule has 0 aliphatic carbocycles. The van der Waals surface area contributed by atoms with Gasteiger partial charge in [0, 0.05) is 19.8 Å². The van der Waals surface area contributed by atoms with Crippen LogP contribution in [0, 0.1) is 0 Å². The number of anilines is 1. The highest BCUT2D eigenvalue weighted by Gasteiger charge is 2.20. The number of nitrogens with one attached hydrogen (secondary N) is 1. The molecule has 0 fully saturated rings. The summed E-state index contributed by atoms with van der Waals surface area (Å²) in [6.07, 6.45) is 0.658. The Labute approximate surface area is 143 Å². The largest absolute Gasteiger partial charge is 0.326 e. The predicted octanol–water partition coefficient (Wildman–Crippen LogP) is 3.07. The van der Waals surface area contributed by atoms with Gasteiger partial charge in [0.15, 0.2) is 0 Å². The van der Waals surface area contributed by atoms with E-state index in [0.29, 0.717) is 12.1 Å². The van der Waals surface area contributed by atoms with E-state index in [1.165, 1.54) is 26.2 Å². The highest BCUT2D eigenvalue weighted by Crippen LogP contribution is 2.23. The highest BCUT2D eigenvalue weighted by atomic mass is 32.2. The second-order valence-electron chi connectivity index (χ2n) is 5.68. The van der Waals surface area contributed by atoms with E-state index in [2.05, 4.69) is 5.32 Å². The van der Waals surface area contributed by atoms with E-state index in [9.17, 15) is 13.2 Å². The third kappa shape index (κ3) is 4.01. The zero-order chi connectivity index (χ0) is 17.7. The summed E-state index contributed by atoms with van der Waals surface area (Å²) in [6, 6.07) is 15.8. The number of sulfonamides is 1. The number of benzene rings is 2. The van der Waals surface area contributed by atoms with Gasteiger partial charge in [-0.1, -0.05) is 43.3 Å². The smallest absolute Gasteiger partial charge is 0.242 e. The van der Waals surface area contributed by atoms with Crippen LogP contribution in [0.25, 0.3) is 0 Å². The Bertz CT molecular complexity index is 802. The lowest BCUT2D eigenvalue weighted by molar-refractivity contribution is -0.117. The Morgan fingerprint density at radius 1 is 1.08 bits per heavy atom. The fraction of sp³-hybridized carbons (Fsp3) is 0.278. The van der Waals surface area contributed by atoms with Crippen LogP contribution < -0.4 is 5.32 Å². The first-order valence-electron chi connectivity index (χ1n) is 7.74. The van der Waals surface area contributed by atoms with E-state index in [0.717, 1.165) is 9.87 Å². The molecule has 2 rings (SSSR count). The summed E-state index contributed by atoms with van der Waals surface area (Å²) in [5, 5.41) is 2.82. The summed E-state index contributed by atoms with van der Waals surface area (Å²) in [4.78, 5) is 12.7. The monoisotopic (exact) mass is 346 g/mol. The molecule has 5 nitrogen and oxygen atoms in total. The molecule has 0 aliphatic rings. The SMILES string of the molecule is CC[C@H](C(=O)Nc1cccc(S(=O)(=O)N(C)C)c1)c1ccccc1. The molecule has 2 aromatic carbocycles. The fourth-order valence-electron chi connectivity index (χ4n) is 2.43. The van der Waals surface area contributed by atoms with Crippen LogP contribution in [-0.4, -0.2) is 32.7 Å². The molecule has 128 valence electrons. The number of hydrogen-bond acceptors (Lipinski definition) is 3. The van der Waals surface area contributed by atoms with Gasteiger partial charge in [-0.3, -0.25) is 4.79 Å². The molecule has 1 amide bonds. The second kappa shape index (κ2) is 7.59. The Hall–Kier alpha value is -2.18. The zero-order valence-corrected chi connectivity index (χ0v) is 14.9. The van der Waals surface area contributed by atoms with E-state index < -0.39 is 10.0 Å². The van der Waals surface area contributed by atoms with Gasteiger partial charge < -0.3 is 5.32 Å². The minimum Gasteiger partial charge on any atom is -0.326 e. The molecule has 6 heteroatoms. The van der Waals surface area contributed by atoms with E-state index in [1.54, 1.807) is 12.1 Å². The van der Waals surface area contributed by atoms with Gasteiger partial charge >= 0.3 is 0 Å². The average molecular weight is 346 g/mol. The number of carbonyl (C=O) groups is 1. The summed E-state index contributed by atoms with van der Waals surface area (Å²) < 4.78 is 25.5. The summed E-state index contributed by atoms with van der Waals surface area (Å²) in [6.45, 7) is 1.95. The van der Waals surface area contributed by atoms with Gasteiger partial charge in [-0.15, -0.1) is 0 Å². The molecule has 2 aromatic rings. The lowest BCUT2D eigenvalue weighted by atomic mass is 9.95. The van der Waals surface area contributed by atoms with Crippen LogP contribution >= 0.6 is 0 Å². The van der Waals surface area contributed by atoms with Crippen molar-refractivity contribution >= 4 is 21.6 Å². The number of hydrogen-bond donors (Lipinski definition) is 1. The van der Waals surface area contributed by atoms with Crippen molar-refractivity contribution in [1.82, 2.24) is 4.31 Å². The van der Waals surface area contributed by atoms with Gasteiger partial charge in [-0.25, -0.2) is 12.7 Å². The first kappa shape index (κ1) is 18.2. The summed E-state index contributed by atoms with van der Waals surface area (Å²) >= 11 is 0. The summed E-state index contributed by atoms with van der Waals surface area (Å²) in [5.74, 6) is -0.427. The van der Waals surface area contributed by atoms with Crippen molar-refractivity contribution in [3.63, 3.8) is 0 Å². The van der Waals surface area contributed by atoms with Crippen LogP contribution in [-0.2, 0) is 14.8 Å². The maximum atomic E-state index is 12.6. The maximum absolute atomic E-state index is 12.6. The Kier molecular flexibility index (Phi) is 5.75. The van der Waals surface area contributed by atoms with Gasteiger partial charge in [0.2, 0.25) is 15.9 Å². The zero-order valence-electron chi connectivity index (χ0n) is 14.1. The normalized spacial score (nSPS) is 12.8.